The number of hydrogen-bond acceptors (Lipinski definition) is 2. The third-order valence-electron chi connectivity index (χ3n) is 1.99. The fourth-order valence-electron chi connectivity index (χ4n) is 1.17. The molecule has 1 aromatic rings. The van der Waals surface area contributed by atoms with E-state index < -0.39 is 0 Å². The minimum absolute atomic E-state index is 0.254. The summed E-state index contributed by atoms with van der Waals surface area (Å²) in [6, 6.07) is 6.64. The number of thiocarbonyl (C=S) groups is 1. The first kappa shape index (κ1) is 13.7. The summed E-state index contributed by atoms with van der Waals surface area (Å²) in [6.07, 6.45) is 1.37. The molecule has 1 aromatic carbocycles. The molecule has 0 saturated heterocycles. The number of halogens is 1. The van der Waals surface area contributed by atoms with Crippen molar-refractivity contribution in [2.24, 2.45) is 5.73 Å². The van der Waals surface area contributed by atoms with Crippen LogP contribution in [-0.4, -0.2) is 17.6 Å². The second-order valence-electron chi connectivity index (χ2n) is 3.46. The normalized spacial score (nSPS) is 9.71. The summed E-state index contributed by atoms with van der Waals surface area (Å²) in [5.74, 6) is 0. The molecule has 0 aromatic heterocycles. The molecule has 2 amide bonds. The van der Waals surface area contributed by atoms with Gasteiger partial charge in [-0.1, -0.05) is 23.8 Å². The Bertz CT molecular complexity index is 394. The van der Waals surface area contributed by atoms with Crippen molar-refractivity contribution in [2.75, 3.05) is 11.9 Å². The van der Waals surface area contributed by atoms with Crippen LogP contribution in [0, 0.1) is 0 Å². The number of amides is 2. The van der Waals surface area contributed by atoms with E-state index in [9.17, 15) is 4.79 Å². The molecule has 0 unspecified atom stereocenters. The molecule has 0 heterocycles. The topological polar surface area (TPSA) is 67.1 Å². The molecular formula is C11H14ClN3OS. The number of nitrogens with one attached hydrogen (secondary N) is 2. The molecule has 0 aliphatic heterocycles. The lowest BCUT2D eigenvalue weighted by Crippen LogP contribution is -2.30. The van der Waals surface area contributed by atoms with Gasteiger partial charge in [0.05, 0.1) is 4.99 Å². The van der Waals surface area contributed by atoms with Gasteiger partial charge in [0, 0.05) is 17.3 Å². The Morgan fingerprint density at radius 1 is 1.35 bits per heavy atom. The first-order valence-electron chi connectivity index (χ1n) is 5.16. The van der Waals surface area contributed by atoms with E-state index in [-0.39, 0.29) is 6.03 Å². The predicted octanol–water partition coefficient (Wildman–Crippen LogP) is 2.53. The van der Waals surface area contributed by atoms with Gasteiger partial charge in [-0.2, -0.15) is 0 Å². The largest absolute Gasteiger partial charge is 0.393 e. The Morgan fingerprint density at radius 2 is 2.00 bits per heavy atom. The Balaban J connectivity index is 2.25. The number of carbonyl (C=O) groups excluding carboxylic acids is 1. The summed E-state index contributed by atoms with van der Waals surface area (Å²) < 4.78 is 0. The number of rotatable bonds is 5. The van der Waals surface area contributed by atoms with Crippen LogP contribution in [0.3, 0.4) is 0 Å². The monoisotopic (exact) mass is 271 g/mol. The highest BCUT2D eigenvalue weighted by atomic mass is 35.5. The zero-order valence-electron chi connectivity index (χ0n) is 9.20. The summed E-state index contributed by atoms with van der Waals surface area (Å²) in [4.78, 5) is 11.9. The van der Waals surface area contributed by atoms with E-state index in [1.165, 1.54) is 0 Å². The van der Waals surface area contributed by atoms with Crippen LogP contribution in [0.15, 0.2) is 24.3 Å². The molecule has 0 radical (unpaired) electrons. The number of benzene rings is 1. The minimum Gasteiger partial charge on any atom is -0.393 e. The fourth-order valence-corrected chi connectivity index (χ4v) is 1.44. The van der Waals surface area contributed by atoms with Gasteiger partial charge in [0.15, 0.2) is 0 Å². The Kier molecular flexibility index (Phi) is 5.72. The summed E-state index contributed by atoms with van der Waals surface area (Å²) in [7, 11) is 0. The van der Waals surface area contributed by atoms with E-state index in [0.29, 0.717) is 28.7 Å². The van der Waals surface area contributed by atoms with Crippen LogP contribution in [0.4, 0.5) is 10.5 Å². The van der Waals surface area contributed by atoms with Crippen molar-refractivity contribution in [3.05, 3.63) is 29.3 Å². The van der Waals surface area contributed by atoms with Crippen molar-refractivity contribution >= 4 is 40.5 Å². The Hall–Kier alpha value is -1.33. The van der Waals surface area contributed by atoms with Crippen molar-refractivity contribution < 1.29 is 4.79 Å². The van der Waals surface area contributed by atoms with E-state index in [0.717, 1.165) is 6.42 Å². The van der Waals surface area contributed by atoms with Crippen LogP contribution in [-0.2, 0) is 0 Å². The van der Waals surface area contributed by atoms with Crippen molar-refractivity contribution in [1.82, 2.24) is 5.32 Å². The van der Waals surface area contributed by atoms with Gasteiger partial charge in [-0.15, -0.1) is 0 Å². The first-order chi connectivity index (χ1) is 8.08. The number of anilines is 1. The molecule has 4 N–H and O–H groups in total. The van der Waals surface area contributed by atoms with Crippen LogP contribution in [0.1, 0.15) is 12.8 Å². The molecule has 0 bridgehead atoms. The van der Waals surface area contributed by atoms with Gasteiger partial charge in [-0.05, 0) is 37.1 Å². The van der Waals surface area contributed by atoms with Gasteiger partial charge >= 0.3 is 6.03 Å². The van der Waals surface area contributed by atoms with Crippen LogP contribution >= 0.6 is 23.8 Å². The SMILES string of the molecule is NC(=S)CCCNC(=O)Nc1ccc(Cl)cc1. The van der Waals surface area contributed by atoms with Crippen molar-refractivity contribution in [3.8, 4) is 0 Å². The third-order valence-corrected chi connectivity index (χ3v) is 2.44. The molecule has 6 heteroatoms. The smallest absolute Gasteiger partial charge is 0.319 e. The number of urea groups is 1. The maximum absolute atomic E-state index is 11.4. The van der Waals surface area contributed by atoms with E-state index in [1.807, 2.05) is 0 Å². The number of hydrogen-bond donors (Lipinski definition) is 3. The molecule has 92 valence electrons. The average molecular weight is 272 g/mol. The highest BCUT2D eigenvalue weighted by molar-refractivity contribution is 7.80. The molecule has 1 rings (SSSR count). The maximum Gasteiger partial charge on any atom is 0.319 e. The van der Waals surface area contributed by atoms with Crippen molar-refractivity contribution in [3.63, 3.8) is 0 Å². The summed E-state index contributed by atoms with van der Waals surface area (Å²) in [5.41, 5.74) is 6.03. The number of carbonyl (C=O) groups is 1. The molecule has 4 nitrogen and oxygen atoms in total. The van der Waals surface area contributed by atoms with E-state index in [4.69, 9.17) is 29.6 Å². The lowest BCUT2D eigenvalue weighted by Gasteiger charge is -2.07. The number of nitrogens with two attached hydrogens (primary N) is 1. The molecular weight excluding hydrogens is 258 g/mol. The van der Waals surface area contributed by atoms with Gasteiger partial charge < -0.3 is 16.4 Å². The Morgan fingerprint density at radius 3 is 2.59 bits per heavy atom. The lowest BCUT2D eigenvalue weighted by molar-refractivity contribution is 0.252. The van der Waals surface area contributed by atoms with Crippen LogP contribution in [0.25, 0.3) is 0 Å². The highest BCUT2D eigenvalue weighted by Crippen LogP contribution is 2.12. The van der Waals surface area contributed by atoms with Gasteiger partial charge in [0.25, 0.3) is 0 Å². The Labute approximate surface area is 111 Å². The molecule has 17 heavy (non-hydrogen) atoms. The highest BCUT2D eigenvalue weighted by Gasteiger charge is 2.00. The molecule has 0 atom stereocenters. The van der Waals surface area contributed by atoms with Gasteiger partial charge in [-0.3, -0.25) is 0 Å². The van der Waals surface area contributed by atoms with E-state index in [1.54, 1.807) is 24.3 Å². The average Bonchev–Trinajstić information content (AvgIpc) is 2.27. The third kappa shape index (κ3) is 6.09. The van der Waals surface area contributed by atoms with Gasteiger partial charge in [-0.25, -0.2) is 4.79 Å². The molecule has 0 fully saturated rings. The summed E-state index contributed by atoms with van der Waals surface area (Å²) >= 11 is 10.5. The van der Waals surface area contributed by atoms with E-state index in [2.05, 4.69) is 10.6 Å². The van der Waals surface area contributed by atoms with Gasteiger partial charge in [0.2, 0.25) is 0 Å². The quantitative estimate of drug-likeness (QED) is 0.569. The molecule has 0 aliphatic rings. The maximum atomic E-state index is 11.4. The van der Waals surface area contributed by atoms with Crippen LogP contribution in [0.2, 0.25) is 5.02 Å². The second kappa shape index (κ2) is 7.09. The minimum atomic E-state index is -0.254. The molecule has 0 saturated carbocycles. The van der Waals surface area contributed by atoms with Crippen molar-refractivity contribution in [2.45, 2.75) is 12.8 Å². The zero-order valence-corrected chi connectivity index (χ0v) is 10.8. The first-order valence-corrected chi connectivity index (χ1v) is 5.95. The summed E-state index contributed by atoms with van der Waals surface area (Å²) in [5, 5.41) is 6.02. The summed E-state index contributed by atoms with van der Waals surface area (Å²) in [6.45, 7) is 0.538. The molecule has 0 spiro atoms. The van der Waals surface area contributed by atoms with Gasteiger partial charge in [0.1, 0.15) is 0 Å². The second-order valence-corrected chi connectivity index (χ2v) is 4.42. The van der Waals surface area contributed by atoms with E-state index >= 15 is 0 Å². The fraction of sp³-hybridized carbons (Fsp3) is 0.273. The standard InChI is InChI=1S/C11H14ClN3OS/c12-8-3-5-9(6-4-8)15-11(16)14-7-1-2-10(13)17/h3-6H,1-2,7H2,(H2,13,17)(H2,14,15,16). The van der Waals surface area contributed by atoms with Crippen LogP contribution < -0.4 is 16.4 Å². The zero-order chi connectivity index (χ0) is 12.7. The lowest BCUT2D eigenvalue weighted by atomic mass is 10.3. The molecule has 0 aliphatic carbocycles. The predicted molar refractivity (Wildman–Crippen MR) is 74.5 cm³/mol. The van der Waals surface area contributed by atoms with Crippen molar-refractivity contribution in [1.29, 1.82) is 0 Å². The van der Waals surface area contributed by atoms with Crippen LogP contribution in [0.5, 0.6) is 0 Å².